The first-order valence-corrected chi connectivity index (χ1v) is 6.51. The highest BCUT2D eigenvalue weighted by atomic mass is 127. The van der Waals surface area contributed by atoms with Gasteiger partial charge in [0.05, 0.1) is 11.3 Å². The number of hydrogen-bond acceptors (Lipinski definition) is 5. The average Bonchev–Trinajstić information content (AvgIpc) is 2.36. The molecular weight excluding hydrogens is 398 g/mol. The van der Waals surface area contributed by atoms with E-state index in [1.165, 1.54) is 6.07 Å². The molecule has 0 amide bonds. The molecule has 0 atom stereocenters. The number of halogens is 4. The van der Waals surface area contributed by atoms with Gasteiger partial charge in [-0.2, -0.15) is 23.4 Å². The number of nitriles is 1. The molecule has 21 heavy (non-hydrogen) atoms. The van der Waals surface area contributed by atoms with Crippen LogP contribution in [0.3, 0.4) is 0 Å². The third-order valence-corrected chi connectivity index (χ3v) is 3.19. The predicted octanol–water partition coefficient (Wildman–Crippen LogP) is 2.80. The SMILES string of the molecule is N#Cc1c(N)nc(N)nc1-c1cc(I)cc(C(F)(F)F)c1. The van der Waals surface area contributed by atoms with Crippen molar-refractivity contribution in [1.29, 1.82) is 5.26 Å². The summed E-state index contributed by atoms with van der Waals surface area (Å²) in [5.41, 5.74) is 10.1. The number of anilines is 2. The van der Waals surface area contributed by atoms with E-state index in [0.717, 1.165) is 12.1 Å². The maximum absolute atomic E-state index is 12.9. The molecule has 5 nitrogen and oxygen atoms in total. The zero-order valence-corrected chi connectivity index (χ0v) is 12.4. The van der Waals surface area contributed by atoms with E-state index in [4.69, 9.17) is 16.7 Å². The lowest BCUT2D eigenvalue weighted by atomic mass is 10.0. The molecular formula is C12H7F3IN5. The lowest BCUT2D eigenvalue weighted by Crippen LogP contribution is -2.08. The van der Waals surface area contributed by atoms with Crippen molar-refractivity contribution >= 4 is 34.4 Å². The van der Waals surface area contributed by atoms with Crippen molar-refractivity contribution in [3.63, 3.8) is 0 Å². The zero-order valence-electron chi connectivity index (χ0n) is 10.2. The van der Waals surface area contributed by atoms with Gasteiger partial charge in [-0.3, -0.25) is 0 Å². The van der Waals surface area contributed by atoms with Crippen molar-refractivity contribution in [2.75, 3.05) is 11.5 Å². The molecule has 0 aliphatic carbocycles. The lowest BCUT2D eigenvalue weighted by Gasteiger charge is -2.11. The van der Waals surface area contributed by atoms with Gasteiger partial charge in [0.25, 0.3) is 0 Å². The summed E-state index contributed by atoms with van der Waals surface area (Å²) in [6.45, 7) is 0. The Hall–Kier alpha value is -2.09. The van der Waals surface area contributed by atoms with Crippen LogP contribution in [-0.2, 0) is 6.18 Å². The third-order valence-electron chi connectivity index (χ3n) is 2.56. The zero-order chi connectivity index (χ0) is 15.8. The van der Waals surface area contributed by atoms with E-state index in [2.05, 4.69) is 9.97 Å². The molecule has 0 saturated carbocycles. The molecule has 0 aliphatic rings. The summed E-state index contributed by atoms with van der Waals surface area (Å²) >= 11 is 1.75. The van der Waals surface area contributed by atoms with Crippen LogP contribution < -0.4 is 11.5 Å². The van der Waals surface area contributed by atoms with Crippen LogP contribution in [0.25, 0.3) is 11.3 Å². The molecule has 0 fully saturated rings. The minimum atomic E-state index is -4.51. The van der Waals surface area contributed by atoms with Gasteiger partial charge in [0.1, 0.15) is 17.5 Å². The Labute approximate surface area is 130 Å². The maximum Gasteiger partial charge on any atom is 0.416 e. The van der Waals surface area contributed by atoms with Gasteiger partial charge in [-0.15, -0.1) is 0 Å². The Balaban J connectivity index is 2.74. The van der Waals surface area contributed by atoms with Crippen LogP contribution in [0.4, 0.5) is 24.9 Å². The Morgan fingerprint density at radius 3 is 2.38 bits per heavy atom. The molecule has 9 heteroatoms. The highest BCUT2D eigenvalue weighted by Gasteiger charge is 2.31. The second kappa shape index (κ2) is 5.36. The smallest absolute Gasteiger partial charge is 0.382 e. The maximum atomic E-state index is 12.9. The molecule has 0 unspecified atom stereocenters. The van der Waals surface area contributed by atoms with Gasteiger partial charge in [-0.05, 0) is 40.8 Å². The van der Waals surface area contributed by atoms with Crippen LogP contribution in [0.1, 0.15) is 11.1 Å². The minimum absolute atomic E-state index is 0.0217. The minimum Gasteiger partial charge on any atom is -0.382 e. The second-order valence-corrected chi connectivity index (χ2v) is 5.27. The van der Waals surface area contributed by atoms with Crippen molar-refractivity contribution < 1.29 is 13.2 Å². The van der Waals surface area contributed by atoms with Gasteiger partial charge >= 0.3 is 6.18 Å². The van der Waals surface area contributed by atoms with E-state index in [-0.39, 0.29) is 28.6 Å². The fourth-order valence-electron chi connectivity index (χ4n) is 1.71. The van der Waals surface area contributed by atoms with Gasteiger partial charge in [-0.1, -0.05) is 0 Å². The Bertz CT molecular complexity index is 752. The van der Waals surface area contributed by atoms with Crippen LogP contribution >= 0.6 is 22.6 Å². The standard InChI is InChI=1S/C12H7F3IN5/c13-12(14,15)6-1-5(2-7(16)3-6)9-8(4-17)10(18)21-11(19)20-9/h1-3H,(H4,18,19,20,21). The Morgan fingerprint density at radius 2 is 1.81 bits per heavy atom. The van der Waals surface area contributed by atoms with E-state index in [0.29, 0.717) is 3.57 Å². The summed E-state index contributed by atoms with van der Waals surface area (Å²) in [7, 11) is 0. The summed E-state index contributed by atoms with van der Waals surface area (Å²) in [6, 6.07) is 5.12. The van der Waals surface area contributed by atoms with Crippen LogP contribution in [0.15, 0.2) is 18.2 Å². The molecule has 1 heterocycles. The number of aromatic nitrogens is 2. The van der Waals surface area contributed by atoms with Crippen LogP contribution in [0, 0.1) is 14.9 Å². The van der Waals surface area contributed by atoms with Gasteiger partial charge in [0, 0.05) is 9.13 Å². The number of nitrogen functional groups attached to an aromatic ring is 2. The van der Waals surface area contributed by atoms with E-state index >= 15 is 0 Å². The van der Waals surface area contributed by atoms with E-state index in [9.17, 15) is 13.2 Å². The quantitative estimate of drug-likeness (QED) is 0.711. The van der Waals surface area contributed by atoms with Crippen molar-refractivity contribution in [2.24, 2.45) is 0 Å². The fraction of sp³-hybridized carbons (Fsp3) is 0.0833. The van der Waals surface area contributed by atoms with Gasteiger partial charge in [0.2, 0.25) is 5.95 Å². The monoisotopic (exact) mass is 405 g/mol. The molecule has 2 rings (SSSR count). The number of rotatable bonds is 1. The van der Waals surface area contributed by atoms with Crippen molar-refractivity contribution in [2.45, 2.75) is 6.18 Å². The number of hydrogen-bond donors (Lipinski definition) is 2. The molecule has 0 bridgehead atoms. The van der Waals surface area contributed by atoms with Crippen molar-refractivity contribution in [3.8, 4) is 17.3 Å². The Kier molecular flexibility index (Phi) is 3.91. The molecule has 4 N–H and O–H groups in total. The molecule has 108 valence electrons. The molecule has 1 aromatic carbocycles. The van der Waals surface area contributed by atoms with Crippen molar-refractivity contribution in [1.82, 2.24) is 9.97 Å². The summed E-state index contributed by atoms with van der Waals surface area (Å²) in [4.78, 5) is 7.45. The fourth-order valence-corrected chi connectivity index (χ4v) is 2.38. The second-order valence-electron chi connectivity index (χ2n) is 4.03. The van der Waals surface area contributed by atoms with Gasteiger partial charge < -0.3 is 11.5 Å². The van der Waals surface area contributed by atoms with Crippen molar-refractivity contribution in [3.05, 3.63) is 32.9 Å². The molecule has 1 aromatic heterocycles. The molecule has 0 aliphatic heterocycles. The summed E-state index contributed by atoms with van der Waals surface area (Å²) in [5.74, 6) is -0.388. The first-order chi connectivity index (χ1) is 9.72. The van der Waals surface area contributed by atoms with E-state index < -0.39 is 11.7 Å². The van der Waals surface area contributed by atoms with E-state index in [1.54, 1.807) is 28.7 Å². The lowest BCUT2D eigenvalue weighted by molar-refractivity contribution is -0.137. The number of alkyl halides is 3. The summed E-state index contributed by atoms with van der Waals surface area (Å²) in [5, 5.41) is 9.08. The van der Waals surface area contributed by atoms with Crippen LogP contribution in [-0.4, -0.2) is 9.97 Å². The van der Waals surface area contributed by atoms with Crippen LogP contribution in [0.5, 0.6) is 0 Å². The topological polar surface area (TPSA) is 102 Å². The third kappa shape index (κ3) is 3.15. The predicted molar refractivity (Wildman–Crippen MR) is 78.7 cm³/mol. The average molecular weight is 405 g/mol. The molecule has 0 radical (unpaired) electrons. The Morgan fingerprint density at radius 1 is 1.14 bits per heavy atom. The molecule has 2 aromatic rings. The van der Waals surface area contributed by atoms with Gasteiger partial charge in [-0.25, -0.2) is 4.98 Å². The first kappa shape index (κ1) is 15.3. The number of benzene rings is 1. The number of nitrogens with zero attached hydrogens (tertiary/aromatic N) is 3. The van der Waals surface area contributed by atoms with Crippen LogP contribution in [0.2, 0.25) is 0 Å². The highest BCUT2D eigenvalue weighted by molar-refractivity contribution is 14.1. The first-order valence-electron chi connectivity index (χ1n) is 5.43. The number of nitrogens with two attached hydrogens (primary N) is 2. The van der Waals surface area contributed by atoms with Gasteiger partial charge in [0.15, 0.2) is 0 Å². The summed E-state index contributed by atoms with van der Waals surface area (Å²) < 4.78 is 38.9. The largest absolute Gasteiger partial charge is 0.416 e. The summed E-state index contributed by atoms with van der Waals surface area (Å²) in [6.07, 6.45) is -4.51. The molecule has 0 saturated heterocycles. The van der Waals surface area contributed by atoms with E-state index in [1.807, 2.05) is 0 Å². The highest BCUT2D eigenvalue weighted by Crippen LogP contribution is 2.34. The normalized spacial score (nSPS) is 11.2. The molecule has 0 spiro atoms.